The quantitative estimate of drug-likeness (QED) is 0.432. The van der Waals surface area contributed by atoms with Crippen molar-refractivity contribution in [2.24, 2.45) is 5.16 Å². The van der Waals surface area contributed by atoms with E-state index in [0.29, 0.717) is 31.8 Å². The highest BCUT2D eigenvalue weighted by molar-refractivity contribution is 9.11. The Hall–Kier alpha value is -2.20. The van der Waals surface area contributed by atoms with Gasteiger partial charge in [-0.15, -0.1) is 21.5 Å². The molecule has 2 aromatic rings. The third kappa shape index (κ3) is 6.66. The van der Waals surface area contributed by atoms with Crippen molar-refractivity contribution in [3.05, 3.63) is 32.9 Å². The van der Waals surface area contributed by atoms with E-state index in [1.54, 1.807) is 28.4 Å². The van der Waals surface area contributed by atoms with Crippen molar-refractivity contribution in [3.8, 4) is 11.8 Å². The Morgan fingerprint density at radius 2 is 1.83 bits per heavy atom. The second-order valence-electron chi connectivity index (χ2n) is 7.87. The summed E-state index contributed by atoms with van der Waals surface area (Å²) in [6.45, 7) is 8.62. The Labute approximate surface area is 188 Å². The first kappa shape index (κ1) is 22.5. The molecule has 1 aliphatic heterocycles. The molecule has 1 amide bonds. The number of piperidine rings is 1. The van der Waals surface area contributed by atoms with Gasteiger partial charge in [0, 0.05) is 38.1 Å². The van der Waals surface area contributed by atoms with Gasteiger partial charge in [-0.25, -0.2) is 4.79 Å². The lowest BCUT2D eigenvalue weighted by molar-refractivity contribution is 0.0122. The highest BCUT2D eigenvalue weighted by Gasteiger charge is 2.27. The number of carbonyl (C=O) groups is 1. The average Bonchev–Trinajstić information content (AvgIpc) is 3.13. The number of ether oxygens (including phenoxy) is 2. The van der Waals surface area contributed by atoms with E-state index in [4.69, 9.17) is 14.3 Å². The number of oxime groups is 1. The lowest BCUT2D eigenvalue weighted by atomic mass is 10.1. The molecule has 0 spiro atoms. The maximum atomic E-state index is 12.1. The summed E-state index contributed by atoms with van der Waals surface area (Å²) in [5, 5.41) is 12.1. The minimum Gasteiger partial charge on any atom is -0.473 e. The number of nitrogens with zero attached hydrogens (tertiary/aromatic N) is 4. The van der Waals surface area contributed by atoms with E-state index in [9.17, 15) is 4.79 Å². The zero-order valence-electron chi connectivity index (χ0n) is 17.4. The molecule has 1 saturated heterocycles. The molecule has 1 aliphatic rings. The van der Waals surface area contributed by atoms with Gasteiger partial charge in [-0.05, 0) is 55.8 Å². The number of rotatable bonds is 5. The summed E-state index contributed by atoms with van der Waals surface area (Å²) in [5.74, 6) is 0.707. The molecule has 162 valence electrons. The first-order chi connectivity index (χ1) is 14.2. The van der Waals surface area contributed by atoms with Gasteiger partial charge in [0.05, 0.1) is 14.4 Å². The molecular weight excluding hydrogens is 472 g/mol. The van der Waals surface area contributed by atoms with Crippen LogP contribution in [0.1, 0.15) is 45.4 Å². The Bertz CT molecular complexity index is 887. The number of carbonyl (C=O) groups excluding carboxylic acids is 1. The van der Waals surface area contributed by atoms with E-state index in [1.807, 2.05) is 39.8 Å². The van der Waals surface area contributed by atoms with Crippen LogP contribution in [-0.4, -0.2) is 51.7 Å². The summed E-state index contributed by atoms with van der Waals surface area (Å²) < 4.78 is 12.3. The molecule has 0 bridgehead atoms. The van der Waals surface area contributed by atoms with Crippen LogP contribution in [0.2, 0.25) is 0 Å². The summed E-state index contributed by atoms with van der Waals surface area (Å²) in [6.07, 6.45) is 1.10. The Morgan fingerprint density at radius 1 is 1.17 bits per heavy atom. The first-order valence-corrected chi connectivity index (χ1v) is 11.3. The molecule has 0 aliphatic carbocycles. The summed E-state index contributed by atoms with van der Waals surface area (Å²) >= 11 is 5.00. The van der Waals surface area contributed by atoms with Crippen LogP contribution in [0.25, 0.3) is 0 Å². The van der Waals surface area contributed by atoms with E-state index in [0.717, 1.165) is 14.4 Å². The summed E-state index contributed by atoms with van der Waals surface area (Å²) in [6, 6.07) is 7.30. The lowest BCUT2D eigenvalue weighted by Gasteiger charge is -2.33. The molecule has 3 rings (SSSR count). The predicted molar refractivity (Wildman–Crippen MR) is 118 cm³/mol. The highest BCUT2D eigenvalue weighted by Crippen LogP contribution is 2.23. The topological polar surface area (TPSA) is 86.1 Å². The normalized spacial score (nSPS) is 15.8. The van der Waals surface area contributed by atoms with Gasteiger partial charge in [0.2, 0.25) is 5.88 Å². The first-order valence-electron chi connectivity index (χ1n) is 9.65. The van der Waals surface area contributed by atoms with Crippen LogP contribution < -0.4 is 9.57 Å². The fourth-order valence-electron chi connectivity index (χ4n) is 2.74. The van der Waals surface area contributed by atoms with Gasteiger partial charge in [-0.1, -0.05) is 5.16 Å². The van der Waals surface area contributed by atoms with Crippen molar-refractivity contribution in [1.29, 1.82) is 0 Å². The minimum atomic E-state index is -0.493. The van der Waals surface area contributed by atoms with Crippen molar-refractivity contribution < 1.29 is 19.1 Å². The van der Waals surface area contributed by atoms with Crippen molar-refractivity contribution in [2.75, 3.05) is 13.1 Å². The molecule has 10 heteroatoms. The van der Waals surface area contributed by atoms with E-state index < -0.39 is 5.60 Å². The third-order valence-electron chi connectivity index (χ3n) is 4.20. The van der Waals surface area contributed by atoms with Crippen LogP contribution in [0, 0.1) is 0 Å². The van der Waals surface area contributed by atoms with Gasteiger partial charge in [0.1, 0.15) is 11.7 Å². The van der Waals surface area contributed by atoms with Crippen LogP contribution in [0.3, 0.4) is 0 Å². The predicted octanol–water partition coefficient (Wildman–Crippen LogP) is 4.88. The van der Waals surface area contributed by atoms with Crippen LogP contribution in [0.15, 0.2) is 33.2 Å². The summed E-state index contributed by atoms with van der Waals surface area (Å²) in [7, 11) is 0. The molecule has 8 nitrogen and oxygen atoms in total. The number of hydrogen-bond acceptors (Lipinski definition) is 8. The van der Waals surface area contributed by atoms with E-state index in [2.05, 4.69) is 31.3 Å². The molecule has 0 atom stereocenters. The fourth-order valence-corrected chi connectivity index (χ4v) is 4.06. The van der Waals surface area contributed by atoms with Gasteiger partial charge < -0.3 is 19.2 Å². The van der Waals surface area contributed by atoms with Gasteiger partial charge in [-0.2, -0.15) is 0 Å². The van der Waals surface area contributed by atoms with E-state index in [1.165, 1.54) is 0 Å². The molecule has 30 heavy (non-hydrogen) atoms. The average molecular weight is 497 g/mol. The largest absolute Gasteiger partial charge is 0.473 e. The molecule has 0 unspecified atom stereocenters. The second-order valence-corrected chi connectivity index (χ2v) is 10.3. The number of halogens is 1. The maximum Gasteiger partial charge on any atom is 0.410 e. The smallest absolute Gasteiger partial charge is 0.410 e. The zero-order chi connectivity index (χ0) is 21.7. The minimum absolute atomic E-state index is 0.0257. The molecule has 0 aromatic carbocycles. The molecule has 3 heterocycles. The lowest BCUT2D eigenvalue weighted by Crippen LogP contribution is -2.44. The number of aromatic nitrogens is 2. The number of hydrogen-bond donors (Lipinski definition) is 0. The van der Waals surface area contributed by atoms with E-state index in [-0.39, 0.29) is 18.1 Å². The maximum absolute atomic E-state index is 12.1. The second kappa shape index (κ2) is 9.74. The SMILES string of the molecule is C/C(=N/Oc1ccc(OC2CCN(C(=O)OC(C)(C)C)CC2)nn1)c1ccc(Br)s1. The van der Waals surface area contributed by atoms with Crippen LogP contribution in [0.5, 0.6) is 11.8 Å². The van der Waals surface area contributed by atoms with Gasteiger partial charge in [0.25, 0.3) is 5.88 Å². The number of likely N-dealkylation sites (tertiary alicyclic amines) is 1. The van der Waals surface area contributed by atoms with Crippen molar-refractivity contribution in [1.82, 2.24) is 15.1 Å². The summed E-state index contributed by atoms with van der Waals surface area (Å²) in [4.78, 5) is 20.2. The standard InChI is InChI=1S/C20H25BrN4O4S/c1-13(15-5-6-16(21)30-15)24-29-18-8-7-17(22-23-18)27-14-9-11-25(12-10-14)19(26)28-20(2,3)4/h5-8,14H,9-12H2,1-4H3/b24-13-. The Morgan fingerprint density at radius 3 is 2.40 bits per heavy atom. The monoisotopic (exact) mass is 496 g/mol. The molecule has 0 radical (unpaired) electrons. The fraction of sp³-hybridized carbons (Fsp3) is 0.500. The number of amides is 1. The Balaban J connectivity index is 1.46. The van der Waals surface area contributed by atoms with Gasteiger partial charge >= 0.3 is 6.09 Å². The molecule has 2 aromatic heterocycles. The van der Waals surface area contributed by atoms with Gasteiger partial charge in [-0.3, -0.25) is 0 Å². The van der Waals surface area contributed by atoms with Crippen molar-refractivity contribution >= 4 is 39.1 Å². The summed E-state index contributed by atoms with van der Waals surface area (Å²) in [5.41, 5.74) is 0.261. The number of thiophene rings is 1. The van der Waals surface area contributed by atoms with Crippen LogP contribution in [-0.2, 0) is 4.74 Å². The third-order valence-corrected chi connectivity index (χ3v) is 5.94. The molecular formula is C20H25BrN4O4S. The molecule has 1 fully saturated rings. The molecule has 0 N–H and O–H groups in total. The van der Waals surface area contributed by atoms with Crippen molar-refractivity contribution in [3.63, 3.8) is 0 Å². The van der Waals surface area contributed by atoms with Gasteiger partial charge in [0.15, 0.2) is 0 Å². The molecule has 0 saturated carbocycles. The van der Waals surface area contributed by atoms with Crippen molar-refractivity contribution in [2.45, 2.75) is 52.2 Å². The zero-order valence-corrected chi connectivity index (χ0v) is 19.8. The van der Waals surface area contributed by atoms with Crippen LogP contribution in [0.4, 0.5) is 4.79 Å². The van der Waals surface area contributed by atoms with Crippen LogP contribution >= 0.6 is 27.3 Å². The van der Waals surface area contributed by atoms with E-state index >= 15 is 0 Å². The Kier molecular flexibility index (Phi) is 7.30. The highest BCUT2D eigenvalue weighted by atomic mass is 79.9.